The normalized spacial score (nSPS) is 14.6. The first-order chi connectivity index (χ1) is 15.7. The Morgan fingerprint density at radius 2 is 1.94 bits per heavy atom. The number of amides is 1. The monoisotopic (exact) mass is 445 g/mol. The molecule has 0 atom stereocenters. The van der Waals surface area contributed by atoms with Gasteiger partial charge < -0.3 is 15.1 Å². The number of carbonyl (C=O) groups excluding carboxylic acids is 1. The predicted molar refractivity (Wildman–Crippen MR) is 126 cm³/mol. The van der Waals surface area contributed by atoms with Crippen molar-refractivity contribution in [1.82, 2.24) is 29.7 Å². The highest BCUT2D eigenvalue weighted by molar-refractivity contribution is 7.16. The Labute approximate surface area is 190 Å². The van der Waals surface area contributed by atoms with Crippen molar-refractivity contribution in [3.8, 4) is 11.3 Å². The van der Waals surface area contributed by atoms with Crippen LogP contribution in [0.15, 0.2) is 54.3 Å². The first-order valence-electron chi connectivity index (χ1n) is 10.6. The van der Waals surface area contributed by atoms with Gasteiger partial charge in [-0.3, -0.25) is 4.79 Å². The number of benzene rings is 1. The largest absolute Gasteiger partial charge is 0.336 e. The number of hydrogen-bond donors (Lipinski definition) is 1. The van der Waals surface area contributed by atoms with E-state index in [1.807, 2.05) is 28.6 Å². The van der Waals surface area contributed by atoms with Gasteiger partial charge in [0.25, 0.3) is 5.91 Å². The number of piperazine rings is 1. The first-order valence-corrected chi connectivity index (χ1v) is 11.5. The number of carbonyl (C=O) groups is 1. The van der Waals surface area contributed by atoms with E-state index >= 15 is 0 Å². The van der Waals surface area contributed by atoms with Crippen LogP contribution in [0, 0.1) is 0 Å². The van der Waals surface area contributed by atoms with Crippen LogP contribution in [-0.2, 0) is 0 Å². The van der Waals surface area contributed by atoms with Gasteiger partial charge in [-0.05, 0) is 36.9 Å². The van der Waals surface area contributed by atoms with E-state index < -0.39 is 0 Å². The molecule has 1 fully saturated rings. The van der Waals surface area contributed by atoms with Crippen LogP contribution in [0.25, 0.3) is 21.5 Å². The van der Waals surface area contributed by atoms with E-state index in [1.54, 1.807) is 35.9 Å². The van der Waals surface area contributed by atoms with E-state index in [4.69, 9.17) is 0 Å². The zero-order valence-corrected chi connectivity index (χ0v) is 18.5. The molecule has 8 nitrogen and oxygen atoms in total. The van der Waals surface area contributed by atoms with Crippen molar-refractivity contribution >= 4 is 39.2 Å². The van der Waals surface area contributed by atoms with Crippen LogP contribution in [0.1, 0.15) is 17.3 Å². The zero-order chi connectivity index (χ0) is 21.9. The fourth-order valence-corrected chi connectivity index (χ4v) is 4.41. The molecule has 0 radical (unpaired) electrons. The molecular formula is C23H23N7OS. The first kappa shape index (κ1) is 20.5. The van der Waals surface area contributed by atoms with Crippen molar-refractivity contribution in [3.63, 3.8) is 0 Å². The third-order valence-corrected chi connectivity index (χ3v) is 6.45. The van der Waals surface area contributed by atoms with Crippen LogP contribution in [0.4, 0.5) is 11.8 Å². The Morgan fingerprint density at radius 3 is 2.72 bits per heavy atom. The standard InChI is InChI=1S/C23H23N7OS/c1-2-29-9-11-30(12-10-29)22(31)17-4-6-21(25-14-17)28-23-24-8-7-18(27-23)16-3-5-20-19(13-16)26-15-32-20/h3-8,13-15H,2,9-12H2,1H3,(H,24,25,27,28). The van der Waals surface area contributed by atoms with Crippen LogP contribution < -0.4 is 5.32 Å². The van der Waals surface area contributed by atoms with E-state index in [0.717, 1.165) is 54.2 Å². The number of nitrogens with one attached hydrogen (secondary N) is 1. The molecule has 0 saturated carbocycles. The second-order valence-corrected chi connectivity index (χ2v) is 8.47. The van der Waals surface area contributed by atoms with Gasteiger partial charge in [0, 0.05) is 44.1 Å². The second kappa shape index (κ2) is 8.97. The molecule has 1 amide bonds. The van der Waals surface area contributed by atoms with Crippen LogP contribution in [-0.4, -0.2) is 68.4 Å². The summed E-state index contributed by atoms with van der Waals surface area (Å²) in [6, 6.07) is 11.6. The molecule has 162 valence electrons. The molecule has 4 heterocycles. The number of aromatic nitrogens is 4. The van der Waals surface area contributed by atoms with E-state index in [-0.39, 0.29) is 5.91 Å². The van der Waals surface area contributed by atoms with E-state index in [9.17, 15) is 4.79 Å². The molecule has 0 spiro atoms. The van der Waals surface area contributed by atoms with Gasteiger partial charge in [0.2, 0.25) is 5.95 Å². The predicted octanol–water partition coefficient (Wildman–Crippen LogP) is 3.67. The fraction of sp³-hybridized carbons (Fsp3) is 0.261. The summed E-state index contributed by atoms with van der Waals surface area (Å²) in [6.45, 7) is 6.50. The molecule has 0 bridgehead atoms. The topological polar surface area (TPSA) is 87.1 Å². The van der Waals surface area contributed by atoms with Gasteiger partial charge in [-0.1, -0.05) is 13.0 Å². The number of thiazole rings is 1. The van der Waals surface area contributed by atoms with Crippen molar-refractivity contribution in [2.45, 2.75) is 6.92 Å². The highest BCUT2D eigenvalue weighted by Crippen LogP contribution is 2.25. The smallest absolute Gasteiger partial charge is 0.255 e. The maximum Gasteiger partial charge on any atom is 0.255 e. The van der Waals surface area contributed by atoms with Gasteiger partial charge in [-0.2, -0.15) is 0 Å². The van der Waals surface area contributed by atoms with Gasteiger partial charge in [0.05, 0.1) is 27.0 Å². The van der Waals surface area contributed by atoms with Gasteiger partial charge in [0.1, 0.15) is 5.82 Å². The minimum atomic E-state index is 0.0236. The van der Waals surface area contributed by atoms with Gasteiger partial charge >= 0.3 is 0 Å². The molecule has 3 aromatic heterocycles. The van der Waals surface area contributed by atoms with Crippen LogP contribution in [0.3, 0.4) is 0 Å². The average Bonchev–Trinajstić information content (AvgIpc) is 3.32. The molecule has 1 aromatic carbocycles. The third kappa shape index (κ3) is 4.30. The van der Waals surface area contributed by atoms with Crippen molar-refractivity contribution in [2.75, 3.05) is 38.0 Å². The third-order valence-electron chi connectivity index (χ3n) is 5.64. The Kier molecular flexibility index (Phi) is 5.74. The van der Waals surface area contributed by atoms with E-state index in [2.05, 4.69) is 43.1 Å². The summed E-state index contributed by atoms with van der Waals surface area (Å²) in [4.78, 5) is 34.7. The lowest BCUT2D eigenvalue weighted by Gasteiger charge is -2.34. The number of nitrogens with zero attached hydrogens (tertiary/aromatic N) is 6. The summed E-state index contributed by atoms with van der Waals surface area (Å²) in [5.74, 6) is 1.06. The summed E-state index contributed by atoms with van der Waals surface area (Å²) in [7, 11) is 0. The molecule has 32 heavy (non-hydrogen) atoms. The molecule has 0 aliphatic carbocycles. The van der Waals surface area contributed by atoms with Gasteiger partial charge in [-0.15, -0.1) is 11.3 Å². The number of rotatable bonds is 5. The minimum absolute atomic E-state index is 0.0236. The maximum absolute atomic E-state index is 12.8. The number of hydrogen-bond acceptors (Lipinski definition) is 8. The summed E-state index contributed by atoms with van der Waals surface area (Å²) in [6.07, 6.45) is 3.32. The Balaban J connectivity index is 1.27. The van der Waals surface area contributed by atoms with Crippen molar-refractivity contribution in [2.24, 2.45) is 0 Å². The molecular weight excluding hydrogens is 422 g/mol. The van der Waals surface area contributed by atoms with Crippen molar-refractivity contribution in [3.05, 3.63) is 59.9 Å². The zero-order valence-electron chi connectivity index (χ0n) is 17.7. The number of likely N-dealkylation sites (N-methyl/N-ethyl adjacent to an activating group) is 1. The SMILES string of the molecule is CCN1CCN(C(=O)c2ccc(Nc3nccc(-c4ccc5scnc5c4)n3)nc2)CC1. The van der Waals surface area contributed by atoms with Crippen LogP contribution in [0.5, 0.6) is 0 Å². The summed E-state index contributed by atoms with van der Waals surface area (Å²) < 4.78 is 1.15. The van der Waals surface area contributed by atoms with Gasteiger partial charge in [0.15, 0.2) is 0 Å². The number of anilines is 2. The minimum Gasteiger partial charge on any atom is -0.336 e. The number of pyridine rings is 1. The lowest BCUT2D eigenvalue weighted by molar-refractivity contribution is 0.0643. The highest BCUT2D eigenvalue weighted by atomic mass is 32.1. The number of fused-ring (bicyclic) bond motifs is 1. The summed E-state index contributed by atoms with van der Waals surface area (Å²) >= 11 is 1.62. The summed E-state index contributed by atoms with van der Waals surface area (Å²) in [5, 5.41) is 3.13. The fourth-order valence-electron chi connectivity index (χ4n) is 3.76. The molecule has 1 saturated heterocycles. The average molecular weight is 446 g/mol. The van der Waals surface area contributed by atoms with Crippen molar-refractivity contribution in [1.29, 1.82) is 0 Å². The Bertz CT molecular complexity index is 1230. The second-order valence-electron chi connectivity index (χ2n) is 7.58. The lowest BCUT2D eigenvalue weighted by atomic mass is 10.1. The molecule has 4 aromatic rings. The Hall–Kier alpha value is -3.43. The van der Waals surface area contributed by atoms with Crippen LogP contribution in [0.2, 0.25) is 0 Å². The molecule has 1 aliphatic heterocycles. The van der Waals surface area contributed by atoms with E-state index in [1.165, 1.54) is 0 Å². The van der Waals surface area contributed by atoms with Gasteiger partial charge in [-0.25, -0.2) is 19.9 Å². The molecule has 1 aliphatic rings. The quantitative estimate of drug-likeness (QED) is 0.501. The lowest BCUT2D eigenvalue weighted by Crippen LogP contribution is -2.48. The van der Waals surface area contributed by atoms with E-state index in [0.29, 0.717) is 17.3 Å². The summed E-state index contributed by atoms with van der Waals surface area (Å²) in [5.41, 5.74) is 5.17. The molecule has 5 rings (SSSR count). The molecule has 1 N–H and O–H groups in total. The Morgan fingerprint density at radius 1 is 1.06 bits per heavy atom. The van der Waals surface area contributed by atoms with Crippen molar-refractivity contribution < 1.29 is 4.79 Å². The van der Waals surface area contributed by atoms with Crippen LogP contribution >= 0.6 is 11.3 Å². The highest BCUT2D eigenvalue weighted by Gasteiger charge is 2.21. The maximum atomic E-state index is 12.8. The molecule has 9 heteroatoms. The molecule has 0 unspecified atom stereocenters.